The Morgan fingerprint density at radius 2 is 1.03 bits per heavy atom. The van der Waals surface area contributed by atoms with Gasteiger partial charge in [-0.3, -0.25) is 0 Å². The highest BCUT2D eigenvalue weighted by Gasteiger charge is 2.25. The number of aliphatic hydroxyl groups is 2. The minimum Gasteiger partial charge on any atom is -0.394 e. The molecule has 33 heavy (non-hydrogen) atoms. The lowest BCUT2D eigenvalue weighted by molar-refractivity contribution is 0.186. The first-order chi connectivity index (χ1) is 16.3. The van der Waals surface area contributed by atoms with E-state index in [1.54, 1.807) is 0 Å². The van der Waals surface area contributed by atoms with Gasteiger partial charge in [0.2, 0.25) is 0 Å². The highest BCUT2D eigenvalue weighted by atomic mass is 16.3. The minimum atomic E-state index is -0.125. The summed E-state index contributed by atoms with van der Waals surface area (Å²) in [6.45, 7) is 1.93. The lowest BCUT2D eigenvalue weighted by atomic mass is 9.87. The van der Waals surface area contributed by atoms with Crippen molar-refractivity contribution in [1.82, 2.24) is 0 Å². The number of hydrogen-bond donors (Lipinski definition) is 2. The second-order valence-electron chi connectivity index (χ2n) is 8.48. The summed E-state index contributed by atoms with van der Waals surface area (Å²) in [5.74, 6) is 0. The lowest BCUT2D eigenvalue weighted by Crippen LogP contribution is -1.98. The van der Waals surface area contributed by atoms with E-state index < -0.39 is 0 Å². The molecule has 0 radical (unpaired) electrons. The van der Waals surface area contributed by atoms with Crippen LogP contribution in [0, 0.1) is 0 Å². The molecule has 0 aliphatic heterocycles. The van der Waals surface area contributed by atoms with Crippen molar-refractivity contribution in [2.24, 2.45) is 0 Å². The van der Waals surface area contributed by atoms with Crippen molar-refractivity contribution in [3.8, 4) is 22.3 Å². The molecule has 0 unspecified atom stereocenters. The average Bonchev–Trinajstić information content (AvgIpc) is 3.44. The lowest BCUT2D eigenvalue weighted by Gasteiger charge is -2.16. The van der Waals surface area contributed by atoms with Gasteiger partial charge in [-0.05, 0) is 81.0 Å². The number of hydrogen-bond acceptors (Lipinski definition) is 2. The fraction of sp³-hybridized carbons (Fsp3) is 0.161. The Labute approximate surface area is 195 Å². The zero-order valence-corrected chi connectivity index (χ0v) is 18.9. The smallest absolute Gasteiger partial charge is 0.0662 e. The molecule has 0 amide bonds. The molecule has 0 fully saturated rings. The monoisotopic (exact) mass is 432 g/mol. The first-order valence-corrected chi connectivity index (χ1v) is 11.6. The maximum absolute atomic E-state index is 7.62. The Hall–Kier alpha value is -3.46. The molecule has 164 valence electrons. The number of rotatable bonds is 3. The predicted molar refractivity (Wildman–Crippen MR) is 136 cm³/mol. The molecule has 0 atom stereocenters. The van der Waals surface area contributed by atoms with E-state index in [2.05, 4.69) is 97.9 Å². The van der Waals surface area contributed by atoms with Crippen LogP contribution in [0.25, 0.3) is 27.8 Å². The maximum atomic E-state index is 7.62. The van der Waals surface area contributed by atoms with E-state index >= 15 is 0 Å². The molecule has 0 spiro atoms. The largest absolute Gasteiger partial charge is 0.394 e. The van der Waals surface area contributed by atoms with Crippen molar-refractivity contribution >= 4 is 5.57 Å². The molecule has 2 nitrogen and oxygen atoms in total. The van der Waals surface area contributed by atoms with E-state index in [0.29, 0.717) is 0 Å². The SMILES string of the molecule is CC=C(c1cccc2c1Cc1ccccc1-2)c1cccc2c1Cc1ccccc1-2.OCCO. The fourth-order valence-corrected chi connectivity index (χ4v) is 5.28. The predicted octanol–water partition coefficient (Wildman–Crippen LogP) is 6.25. The highest BCUT2D eigenvalue weighted by molar-refractivity contribution is 5.92. The molecule has 0 heterocycles. The number of benzene rings is 4. The molecule has 2 N–H and O–H groups in total. The van der Waals surface area contributed by atoms with Crippen molar-refractivity contribution in [3.05, 3.63) is 124 Å². The van der Waals surface area contributed by atoms with Crippen LogP contribution in [0.3, 0.4) is 0 Å². The third kappa shape index (κ3) is 3.72. The van der Waals surface area contributed by atoms with Gasteiger partial charge in [-0.2, -0.15) is 0 Å². The highest BCUT2D eigenvalue weighted by Crippen LogP contribution is 2.45. The van der Waals surface area contributed by atoms with E-state index in [1.807, 2.05) is 0 Å². The van der Waals surface area contributed by atoms with Gasteiger partial charge in [-0.1, -0.05) is 91.0 Å². The maximum Gasteiger partial charge on any atom is 0.0662 e. The van der Waals surface area contributed by atoms with Crippen LogP contribution >= 0.6 is 0 Å². The normalized spacial score (nSPS) is 12.1. The molecule has 4 aromatic carbocycles. The number of fused-ring (bicyclic) bond motifs is 6. The standard InChI is InChI=1S/C29H22.C2H6O2/c1-2-21(24-13-7-15-26-22-11-5-3-9-19(22)17-28(24)26)25-14-8-16-27-23-12-6-4-10-20(23)18-29(25)27;3-1-2-4/h2-16H,17-18H2,1H3;3-4H,1-2H2. The van der Waals surface area contributed by atoms with Gasteiger partial charge in [0.15, 0.2) is 0 Å². The fourth-order valence-electron chi connectivity index (χ4n) is 5.28. The summed E-state index contributed by atoms with van der Waals surface area (Å²) in [6, 6.07) is 31.3. The molecule has 0 saturated carbocycles. The molecule has 0 bridgehead atoms. The summed E-state index contributed by atoms with van der Waals surface area (Å²) in [5.41, 5.74) is 15.5. The van der Waals surface area contributed by atoms with Gasteiger partial charge in [-0.25, -0.2) is 0 Å². The molecule has 2 aliphatic rings. The van der Waals surface area contributed by atoms with Crippen molar-refractivity contribution in [3.63, 3.8) is 0 Å². The Morgan fingerprint density at radius 1 is 0.606 bits per heavy atom. The summed E-state index contributed by atoms with van der Waals surface area (Å²) in [6.07, 6.45) is 4.35. The van der Waals surface area contributed by atoms with Gasteiger partial charge < -0.3 is 10.2 Å². The van der Waals surface area contributed by atoms with Gasteiger partial charge in [-0.15, -0.1) is 0 Å². The Kier molecular flexibility index (Phi) is 5.95. The Morgan fingerprint density at radius 3 is 1.45 bits per heavy atom. The summed E-state index contributed by atoms with van der Waals surface area (Å²) in [7, 11) is 0. The molecule has 0 aromatic heterocycles. The van der Waals surface area contributed by atoms with E-state index in [9.17, 15) is 0 Å². The third-order valence-electron chi connectivity index (χ3n) is 6.67. The van der Waals surface area contributed by atoms with E-state index in [1.165, 1.54) is 61.2 Å². The van der Waals surface area contributed by atoms with Crippen molar-refractivity contribution in [2.75, 3.05) is 13.2 Å². The molecular weight excluding hydrogens is 404 g/mol. The van der Waals surface area contributed by atoms with E-state index in [0.717, 1.165) is 12.8 Å². The topological polar surface area (TPSA) is 40.5 Å². The summed E-state index contributed by atoms with van der Waals surface area (Å²) >= 11 is 0. The van der Waals surface area contributed by atoms with Gasteiger partial charge in [0.1, 0.15) is 0 Å². The second kappa shape index (κ2) is 9.19. The van der Waals surface area contributed by atoms with Crippen LogP contribution in [0.5, 0.6) is 0 Å². The van der Waals surface area contributed by atoms with Crippen LogP contribution < -0.4 is 0 Å². The van der Waals surface area contributed by atoms with E-state index in [-0.39, 0.29) is 13.2 Å². The molecular formula is C31H28O2. The van der Waals surface area contributed by atoms with Gasteiger partial charge in [0.25, 0.3) is 0 Å². The van der Waals surface area contributed by atoms with Crippen LogP contribution in [0.15, 0.2) is 91.0 Å². The van der Waals surface area contributed by atoms with Crippen LogP contribution in [-0.2, 0) is 12.8 Å². The van der Waals surface area contributed by atoms with Crippen LogP contribution in [0.2, 0.25) is 0 Å². The molecule has 4 aromatic rings. The van der Waals surface area contributed by atoms with Crippen LogP contribution in [-0.4, -0.2) is 23.4 Å². The summed E-state index contributed by atoms with van der Waals surface area (Å²) in [4.78, 5) is 0. The summed E-state index contributed by atoms with van der Waals surface area (Å²) < 4.78 is 0. The first-order valence-electron chi connectivity index (χ1n) is 11.6. The van der Waals surface area contributed by atoms with E-state index in [4.69, 9.17) is 10.2 Å². The van der Waals surface area contributed by atoms with Gasteiger partial charge in [0, 0.05) is 0 Å². The molecule has 6 rings (SSSR count). The van der Waals surface area contributed by atoms with Crippen molar-refractivity contribution < 1.29 is 10.2 Å². The summed E-state index contributed by atoms with van der Waals surface area (Å²) in [5, 5.41) is 15.2. The zero-order valence-electron chi connectivity index (χ0n) is 18.9. The van der Waals surface area contributed by atoms with Crippen LogP contribution in [0.4, 0.5) is 0 Å². The number of allylic oxidation sites excluding steroid dienone is 1. The Bertz CT molecular complexity index is 1250. The quantitative estimate of drug-likeness (QED) is 0.347. The molecule has 2 heteroatoms. The average molecular weight is 433 g/mol. The first kappa shape index (κ1) is 21.4. The number of aliphatic hydroxyl groups excluding tert-OH is 2. The van der Waals surface area contributed by atoms with Crippen molar-refractivity contribution in [1.29, 1.82) is 0 Å². The van der Waals surface area contributed by atoms with Crippen molar-refractivity contribution in [2.45, 2.75) is 19.8 Å². The van der Waals surface area contributed by atoms with Gasteiger partial charge in [0.05, 0.1) is 13.2 Å². The Balaban J connectivity index is 0.000000531. The second-order valence-corrected chi connectivity index (χ2v) is 8.48. The minimum absolute atomic E-state index is 0.125. The molecule has 0 saturated heterocycles. The van der Waals surface area contributed by atoms with Crippen LogP contribution in [0.1, 0.15) is 40.3 Å². The molecule has 2 aliphatic carbocycles. The van der Waals surface area contributed by atoms with Gasteiger partial charge >= 0.3 is 0 Å². The third-order valence-corrected chi connectivity index (χ3v) is 6.67. The zero-order chi connectivity index (χ0) is 22.8.